The Balaban J connectivity index is 1.77. The predicted molar refractivity (Wildman–Crippen MR) is 111 cm³/mol. The minimum Gasteiger partial charge on any atom is -0.321 e. The van der Waals surface area contributed by atoms with Gasteiger partial charge in [-0.3, -0.25) is 4.79 Å². The van der Waals surface area contributed by atoms with Crippen molar-refractivity contribution in [2.24, 2.45) is 0 Å². The fraction of sp³-hybridized carbons (Fsp3) is 0.421. The van der Waals surface area contributed by atoms with Gasteiger partial charge in [-0.25, -0.2) is 26.8 Å². The minimum atomic E-state index is -3.64. The molecule has 0 bridgehead atoms. The number of sulfonamides is 1. The number of amides is 1. The van der Waals surface area contributed by atoms with E-state index in [0.717, 1.165) is 31.9 Å². The van der Waals surface area contributed by atoms with E-state index in [2.05, 4.69) is 15.3 Å². The first-order valence-electron chi connectivity index (χ1n) is 9.59. The summed E-state index contributed by atoms with van der Waals surface area (Å²) < 4.78 is 50.7. The molecule has 1 unspecified atom stereocenters. The quantitative estimate of drug-likeness (QED) is 0.665. The van der Waals surface area contributed by atoms with Crippen molar-refractivity contribution in [3.8, 4) is 0 Å². The Morgan fingerprint density at radius 2 is 1.83 bits per heavy atom. The van der Waals surface area contributed by atoms with Crippen LogP contribution in [-0.4, -0.2) is 55.9 Å². The summed E-state index contributed by atoms with van der Waals surface area (Å²) in [6.07, 6.45) is 5.64. The van der Waals surface area contributed by atoms with E-state index in [1.165, 1.54) is 36.5 Å². The van der Waals surface area contributed by atoms with Gasteiger partial charge in [0.05, 0.1) is 4.90 Å². The molecule has 1 aliphatic rings. The zero-order valence-corrected chi connectivity index (χ0v) is 18.4. The average Bonchev–Trinajstić information content (AvgIpc) is 2.73. The van der Waals surface area contributed by atoms with Crippen LogP contribution in [0.25, 0.3) is 0 Å². The molecule has 2 heterocycles. The fourth-order valence-corrected chi connectivity index (χ4v) is 5.67. The molecule has 0 radical (unpaired) electrons. The summed E-state index contributed by atoms with van der Waals surface area (Å²) in [4.78, 5) is 20.0. The molecule has 1 amide bonds. The Bertz CT molecular complexity index is 1130. The third-order valence-electron chi connectivity index (χ3n) is 4.96. The van der Waals surface area contributed by atoms with Crippen LogP contribution < -0.4 is 5.32 Å². The molecule has 2 aromatic rings. The van der Waals surface area contributed by atoms with Gasteiger partial charge in [0.25, 0.3) is 5.91 Å². The van der Waals surface area contributed by atoms with E-state index in [0.29, 0.717) is 12.2 Å². The number of carbonyl (C=O) groups excluding carboxylic acids is 1. The zero-order chi connectivity index (χ0) is 21.9. The number of nitrogens with one attached hydrogen (secondary N) is 1. The van der Waals surface area contributed by atoms with Crippen molar-refractivity contribution in [3.63, 3.8) is 0 Å². The molecular formula is C19H24N4O5S2. The third-order valence-corrected chi connectivity index (χ3v) is 7.79. The largest absolute Gasteiger partial charge is 0.321 e. The van der Waals surface area contributed by atoms with Crippen LogP contribution in [0.15, 0.2) is 46.6 Å². The van der Waals surface area contributed by atoms with Gasteiger partial charge in [-0.2, -0.15) is 4.31 Å². The highest BCUT2D eigenvalue weighted by molar-refractivity contribution is 7.90. The molecule has 1 aromatic heterocycles. The molecule has 1 atom stereocenters. The van der Waals surface area contributed by atoms with Gasteiger partial charge < -0.3 is 5.32 Å². The Labute approximate surface area is 176 Å². The maximum Gasteiger partial charge on any atom is 0.274 e. The van der Waals surface area contributed by atoms with Crippen LogP contribution in [0.2, 0.25) is 0 Å². The molecule has 0 aliphatic carbocycles. The van der Waals surface area contributed by atoms with Crippen molar-refractivity contribution in [2.75, 3.05) is 18.1 Å². The molecule has 0 saturated carbocycles. The maximum atomic E-state index is 13.0. The van der Waals surface area contributed by atoms with E-state index in [1.54, 1.807) is 4.31 Å². The van der Waals surface area contributed by atoms with Gasteiger partial charge >= 0.3 is 0 Å². The molecule has 9 nitrogen and oxygen atoms in total. The van der Waals surface area contributed by atoms with Crippen molar-refractivity contribution in [3.05, 3.63) is 42.2 Å². The number of sulfone groups is 1. The van der Waals surface area contributed by atoms with Crippen LogP contribution >= 0.6 is 0 Å². The molecule has 1 aliphatic heterocycles. The van der Waals surface area contributed by atoms with Crippen LogP contribution in [0.4, 0.5) is 5.69 Å². The smallest absolute Gasteiger partial charge is 0.274 e. The normalized spacial score (nSPS) is 18.1. The highest BCUT2D eigenvalue weighted by Crippen LogP contribution is 2.27. The second-order valence-electron chi connectivity index (χ2n) is 7.15. The maximum absolute atomic E-state index is 13.0. The molecule has 1 aromatic carbocycles. The number of aromatic nitrogens is 2. The number of piperidine rings is 1. The summed E-state index contributed by atoms with van der Waals surface area (Å²) in [5.41, 5.74) is 0.255. The Morgan fingerprint density at radius 3 is 2.47 bits per heavy atom. The SMILES string of the molecule is CCC1CCCCN1S(=O)(=O)c1ccc(NC(=O)c2ccnc(S(C)(=O)=O)n2)cc1. The summed E-state index contributed by atoms with van der Waals surface area (Å²) >= 11 is 0. The zero-order valence-electron chi connectivity index (χ0n) is 16.8. The second kappa shape index (κ2) is 8.78. The number of hydrogen-bond donors (Lipinski definition) is 1. The number of nitrogens with zero attached hydrogens (tertiary/aromatic N) is 3. The van der Waals surface area contributed by atoms with Gasteiger partial charge in [-0.05, 0) is 49.6 Å². The van der Waals surface area contributed by atoms with Crippen LogP contribution in [0, 0.1) is 0 Å². The van der Waals surface area contributed by atoms with Gasteiger partial charge in [0.15, 0.2) is 0 Å². The van der Waals surface area contributed by atoms with Crippen molar-refractivity contribution >= 4 is 31.5 Å². The van der Waals surface area contributed by atoms with Crippen molar-refractivity contribution in [1.29, 1.82) is 0 Å². The summed E-state index contributed by atoms with van der Waals surface area (Å²) in [7, 11) is -7.25. The van der Waals surface area contributed by atoms with Crippen molar-refractivity contribution in [2.45, 2.75) is 48.7 Å². The molecule has 11 heteroatoms. The Hall–Kier alpha value is -2.37. The topological polar surface area (TPSA) is 126 Å². The predicted octanol–water partition coefficient (Wildman–Crippen LogP) is 2.09. The fourth-order valence-electron chi connectivity index (χ4n) is 3.39. The van der Waals surface area contributed by atoms with E-state index >= 15 is 0 Å². The lowest BCUT2D eigenvalue weighted by molar-refractivity contribution is 0.102. The standard InChI is InChI=1S/C19H24N4O5S2/c1-3-15-6-4-5-13-23(15)30(27,28)16-9-7-14(8-10-16)21-18(24)17-11-12-20-19(22-17)29(2,25)26/h7-12,15H,3-6,13H2,1-2H3,(H,21,24). The number of carbonyl (C=O) groups is 1. The molecule has 0 spiro atoms. The first kappa shape index (κ1) is 22.3. The number of rotatable bonds is 6. The third kappa shape index (κ3) is 4.85. The highest BCUT2D eigenvalue weighted by Gasteiger charge is 2.32. The van der Waals surface area contributed by atoms with Gasteiger partial charge in [-0.15, -0.1) is 0 Å². The number of hydrogen-bond acceptors (Lipinski definition) is 7. The monoisotopic (exact) mass is 452 g/mol. The van der Waals surface area contributed by atoms with Crippen LogP contribution in [0.1, 0.15) is 43.1 Å². The minimum absolute atomic E-state index is 0.00457. The van der Waals surface area contributed by atoms with Gasteiger partial charge in [0.2, 0.25) is 25.0 Å². The summed E-state index contributed by atoms with van der Waals surface area (Å²) in [6, 6.07) is 7.19. The van der Waals surface area contributed by atoms with Gasteiger partial charge in [0, 0.05) is 30.7 Å². The van der Waals surface area contributed by atoms with E-state index in [9.17, 15) is 21.6 Å². The highest BCUT2D eigenvalue weighted by atomic mass is 32.2. The Kier molecular flexibility index (Phi) is 6.53. The molecule has 3 rings (SSSR count). The summed E-state index contributed by atoms with van der Waals surface area (Å²) in [6.45, 7) is 2.50. The van der Waals surface area contributed by atoms with Gasteiger partial charge in [0.1, 0.15) is 5.69 Å². The molecular weight excluding hydrogens is 428 g/mol. The van der Waals surface area contributed by atoms with Crippen LogP contribution in [-0.2, 0) is 19.9 Å². The second-order valence-corrected chi connectivity index (χ2v) is 10.9. The molecule has 1 fully saturated rings. The van der Waals surface area contributed by atoms with E-state index in [1.807, 2.05) is 6.92 Å². The van der Waals surface area contributed by atoms with Crippen molar-refractivity contribution < 1.29 is 21.6 Å². The van der Waals surface area contributed by atoms with Crippen LogP contribution in [0.3, 0.4) is 0 Å². The molecule has 30 heavy (non-hydrogen) atoms. The lowest BCUT2D eigenvalue weighted by Crippen LogP contribution is -2.43. The van der Waals surface area contributed by atoms with Crippen molar-refractivity contribution in [1.82, 2.24) is 14.3 Å². The van der Waals surface area contributed by atoms with E-state index in [4.69, 9.17) is 0 Å². The lowest BCUT2D eigenvalue weighted by atomic mass is 10.0. The molecule has 1 N–H and O–H groups in total. The van der Waals surface area contributed by atoms with Crippen LogP contribution in [0.5, 0.6) is 0 Å². The number of anilines is 1. The summed E-state index contributed by atoms with van der Waals surface area (Å²) in [5.74, 6) is -0.625. The lowest BCUT2D eigenvalue weighted by Gasteiger charge is -2.34. The first-order chi connectivity index (χ1) is 14.1. The average molecular weight is 453 g/mol. The number of benzene rings is 1. The van der Waals surface area contributed by atoms with E-state index < -0.39 is 30.9 Å². The Morgan fingerprint density at radius 1 is 1.13 bits per heavy atom. The summed E-state index contributed by atoms with van der Waals surface area (Å²) in [5, 5.41) is 2.14. The molecule has 162 valence electrons. The first-order valence-corrected chi connectivity index (χ1v) is 12.9. The molecule has 1 saturated heterocycles. The van der Waals surface area contributed by atoms with Gasteiger partial charge in [-0.1, -0.05) is 13.3 Å². The van der Waals surface area contributed by atoms with E-state index in [-0.39, 0.29) is 16.6 Å².